The lowest BCUT2D eigenvalue weighted by Crippen LogP contribution is -2.28. The molecule has 3 heteroatoms. The van der Waals surface area contributed by atoms with Crippen LogP contribution in [0.4, 0.5) is 17.1 Å². The van der Waals surface area contributed by atoms with Gasteiger partial charge in [-0.1, -0.05) is 170 Å². The molecule has 2 heterocycles. The molecule has 0 fully saturated rings. The van der Waals surface area contributed by atoms with Crippen LogP contribution in [0.15, 0.2) is 227 Å². The molecule has 2 aliphatic carbocycles. The molecule has 0 spiro atoms. The van der Waals surface area contributed by atoms with Gasteiger partial charge in [-0.15, -0.1) is 0 Å². The number of benzene rings is 9. The molecule has 2 aromatic heterocycles. The lowest BCUT2D eigenvalue weighted by molar-refractivity contribution is 0.661. The van der Waals surface area contributed by atoms with Crippen molar-refractivity contribution in [3.63, 3.8) is 0 Å². The first-order valence-electron chi connectivity index (χ1n) is 21.5. The van der Waals surface area contributed by atoms with Gasteiger partial charge in [-0.05, 0) is 99.5 Å². The maximum atomic E-state index is 7.02. The second-order valence-corrected chi connectivity index (χ2v) is 16.7. The highest BCUT2D eigenvalue weighted by molar-refractivity contribution is 6.15. The number of hydrogen-bond acceptors (Lipinski definition) is 3. The average molecular weight is 794 g/mol. The monoisotopic (exact) mass is 793 g/mol. The summed E-state index contributed by atoms with van der Waals surface area (Å²) in [6.07, 6.45) is 5.59. The van der Waals surface area contributed by atoms with Crippen LogP contribution < -0.4 is 4.90 Å². The number of allylic oxidation sites excluding steroid dienone is 2. The van der Waals surface area contributed by atoms with Gasteiger partial charge < -0.3 is 13.7 Å². The van der Waals surface area contributed by atoms with E-state index >= 15 is 0 Å². The molecule has 0 amide bonds. The van der Waals surface area contributed by atoms with Gasteiger partial charge >= 0.3 is 0 Å². The van der Waals surface area contributed by atoms with Crippen LogP contribution in [0, 0.1) is 0 Å². The Balaban J connectivity index is 1.12. The van der Waals surface area contributed by atoms with Crippen LogP contribution in [0.5, 0.6) is 0 Å². The van der Waals surface area contributed by atoms with Crippen molar-refractivity contribution in [3.8, 4) is 11.1 Å². The Morgan fingerprint density at radius 3 is 1.90 bits per heavy atom. The molecule has 0 saturated heterocycles. The summed E-state index contributed by atoms with van der Waals surface area (Å²) in [5.41, 5.74) is 17.5. The van der Waals surface area contributed by atoms with E-state index in [1.807, 2.05) is 6.07 Å². The van der Waals surface area contributed by atoms with Crippen molar-refractivity contribution in [1.82, 2.24) is 0 Å². The second-order valence-electron chi connectivity index (χ2n) is 16.7. The summed E-state index contributed by atoms with van der Waals surface area (Å²) in [6.45, 7) is 0. The van der Waals surface area contributed by atoms with E-state index in [2.05, 4.69) is 217 Å². The first-order valence-corrected chi connectivity index (χ1v) is 21.5. The SMILES string of the molecule is C1=CC(c2ccc(N(c3ccc4c(c3)C(c3ccccc3)(c3ccccc3)c3ccccc3-4)c3ccc4oc5ccccc5c4c3)c3c2oc2ccccc23)c2ccccc2C1. The normalized spacial score (nSPS) is 14.9. The Morgan fingerprint density at radius 1 is 0.452 bits per heavy atom. The molecule has 0 aliphatic heterocycles. The third-order valence-corrected chi connectivity index (χ3v) is 13.5. The van der Waals surface area contributed by atoms with Crippen molar-refractivity contribution in [3.05, 3.63) is 257 Å². The molecule has 292 valence electrons. The molecule has 13 rings (SSSR count). The van der Waals surface area contributed by atoms with E-state index in [-0.39, 0.29) is 5.92 Å². The number of nitrogens with zero attached hydrogens (tertiary/aromatic N) is 1. The Bertz CT molecular complexity index is 3530. The van der Waals surface area contributed by atoms with Gasteiger partial charge in [0.1, 0.15) is 22.3 Å². The predicted octanol–water partition coefficient (Wildman–Crippen LogP) is 15.6. The highest BCUT2D eigenvalue weighted by Gasteiger charge is 2.46. The van der Waals surface area contributed by atoms with Crippen LogP contribution in [0.1, 0.15) is 44.9 Å². The molecule has 0 radical (unpaired) electrons. The van der Waals surface area contributed by atoms with E-state index in [1.165, 1.54) is 44.5 Å². The van der Waals surface area contributed by atoms with Crippen molar-refractivity contribution in [2.45, 2.75) is 17.8 Å². The van der Waals surface area contributed by atoms with Crippen LogP contribution >= 0.6 is 0 Å². The van der Waals surface area contributed by atoms with Gasteiger partial charge in [0.05, 0.1) is 16.5 Å². The Morgan fingerprint density at radius 2 is 1.08 bits per heavy atom. The van der Waals surface area contributed by atoms with E-state index in [1.54, 1.807) is 0 Å². The maximum absolute atomic E-state index is 7.02. The first-order chi connectivity index (χ1) is 30.8. The second kappa shape index (κ2) is 13.6. The van der Waals surface area contributed by atoms with Crippen LogP contribution in [-0.4, -0.2) is 0 Å². The Hall–Kier alpha value is -7.88. The molecule has 9 aromatic carbocycles. The molecule has 3 nitrogen and oxygen atoms in total. The van der Waals surface area contributed by atoms with Crippen molar-refractivity contribution in [2.24, 2.45) is 0 Å². The van der Waals surface area contributed by atoms with Crippen molar-refractivity contribution in [1.29, 1.82) is 0 Å². The summed E-state index contributed by atoms with van der Waals surface area (Å²) in [4.78, 5) is 2.45. The molecule has 0 N–H and O–H groups in total. The lowest BCUT2D eigenvalue weighted by Gasteiger charge is -2.35. The minimum absolute atomic E-state index is 0.0648. The van der Waals surface area contributed by atoms with Crippen LogP contribution in [0.25, 0.3) is 55.0 Å². The van der Waals surface area contributed by atoms with E-state index in [9.17, 15) is 0 Å². The van der Waals surface area contributed by atoms with E-state index in [0.29, 0.717) is 0 Å². The molecule has 2 aliphatic rings. The lowest BCUT2D eigenvalue weighted by atomic mass is 9.67. The van der Waals surface area contributed by atoms with E-state index in [4.69, 9.17) is 8.83 Å². The summed E-state index contributed by atoms with van der Waals surface area (Å²) < 4.78 is 13.4. The highest BCUT2D eigenvalue weighted by atomic mass is 16.3. The Kier molecular flexibility index (Phi) is 7.65. The fourth-order valence-corrected chi connectivity index (χ4v) is 10.8. The molecule has 1 atom stereocenters. The fourth-order valence-electron chi connectivity index (χ4n) is 10.8. The maximum Gasteiger partial charge on any atom is 0.141 e. The highest BCUT2D eigenvalue weighted by Crippen LogP contribution is 2.58. The largest absolute Gasteiger partial charge is 0.456 e. The average Bonchev–Trinajstić information content (AvgIpc) is 4.01. The summed E-state index contributed by atoms with van der Waals surface area (Å²) in [7, 11) is 0. The number of fused-ring (bicyclic) bond motifs is 10. The molecular formula is C59H39NO2. The predicted molar refractivity (Wildman–Crippen MR) is 254 cm³/mol. The van der Waals surface area contributed by atoms with Crippen molar-refractivity contribution >= 4 is 60.9 Å². The molecule has 1 unspecified atom stereocenters. The van der Waals surface area contributed by atoms with E-state index in [0.717, 1.165) is 72.9 Å². The van der Waals surface area contributed by atoms with E-state index < -0.39 is 5.41 Å². The van der Waals surface area contributed by atoms with Gasteiger partial charge in [0.2, 0.25) is 0 Å². The third-order valence-electron chi connectivity index (χ3n) is 13.5. The number of para-hydroxylation sites is 2. The Labute approximate surface area is 359 Å². The number of rotatable bonds is 6. The summed E-state index contributed by atoms with van der Waals surface area (Å²) in [5, 5.41) is 4.35. The van der Waals surface area contributed by atoms with Gasteiger partial charge in [0.15, 0.2) is 0 Å². The van der Waals surface area contributed by atoms with Gasteiger partial charge in [0.25, 0.3) is 0 Å². The zero-order chi connectivity index (χ0) is 40.8. The van der Waals surface area contributed by atoms with Gasteiger partial charge in [-0.25, -0.2) is 0 Å². The summed E-state index contributed by atoms with van der Waals surface area (Å²) >= 11 is 0. The molecule has 0 bridgehead atoms. The van der Waals surface area contributed by atoms with Crippen LogP contribution in [0.2, 0.25) is 0 Å². The minimum atomic E-state index is -0.553. The summed E-state index contributed by atoms with van der Waals surface area (Å²) in [5.74, 6) is 0.0648. The third kappa shape index (κ3) is 5.00. The number of anilines is 3. The topological polar surface area (TPSA) is 29.5 Å². The number of furan rings is 2. The van der Waals surface area contributed by atoms with Gasteiger partial charge in [-0.3, -0.25) is 0 Å². The van der Waals surface area contributed by atoms with Crippen molar-refractivity contribution in [2.75, 3.05) is 4.90 Å². The number of hydrogen-bond donors (Lipinski definition) is 0. The fraction of sp³-hybridized carbons (Fsp3) is 0.0508. The molecular weight excluding hydrogens is 755 g/mol. The van der Waals surface area contributed by atoms with Gasteiger partial charge in [-0.2, -0.15) is 0 Å². The molecule has 62 heavy (non-hydrogen) atoms. The van der Waals surface area contributed by atoms with Crippen LogP contribution in [-0.2, 0) is 11.8 Å². The van der Waals surface area contributed by atoms with Crippen molar-refractivity contribution < 1.29 is 8.83 Å². The smallest absolute Gasteiger partial charge is 0.141 e. The molecule has 11 aromatic rings. The van der Waals surface area contributed by atoms with Gasteiger partial charge in [0, 0.05) is 39.0 Å². The summed E-state index contributed by atoms with van der Waals surface area (Å²) in [6, 6.07) is 75.1. The standard InChI is InChI=1S/C59H39NO2/c1-3-18-39(19-4-1)59(40-20-5-2-6-21-40)51-27-12-9-23-45(51)46-32-30-42(37-52(46)59)60(41-31-35-56-50(36-41)47-24-10-13-28-54(47)61-56)53-34-33-48(44-26-15-17-38-16-7-8-22-43(38)44)58-57(53)49-25-11-14-29-55(49)62-58/h1-16,18-37,44H,17H2. The molecule has 0 saturated carbocycles. The zero-order valence-corrected chi connectivity index (χ0v) is 33.8. The quantitative estimate of drug-likeness (QED) is 0.157. The van der Waals surface area contributed by atoms with Crippen LogP contribution in [0.3, 0.4) is 0 Å². The minimum Gasteiger partial charge on any atom is -0.456 e. The first kappa shape index (κ1) is 34.9. The zero-order valence-electron chi connectivity index (χ0n) is 33.8.